The van der Waals surface area contributed by atoms with Gasteiger partial charge in [0, 0.05) is 32.2 Å². The van der Waals surface area contributed by atoms with Gasteiger partial charge in [-0.05, 0) is 58.1 Å². The second-order valence-electron chi connectivity index (χ2n) is 8.98. The second-order valence-corrected chi connectivity index (χ2v) is 8.98. The second kappa shape index (κ2) is 16.3. The third-order valence-electron chi connectivity index (χ3n) is 6.89. The summed E-state index contributed by atoms with van der Waals surface area (Å²) >= 11 is 0. The zero-order valence-corrected chi connectivity index (χ0v) is 23.8. The first-order chi connectivity index (χ1) is 15.1. The number of halogens is 3. The predicted molar refractivity (Wildman–Crippen MR) is 157 cm³/mol. The summed E-state index contributed by atoms with van der Waals surface area (Å²) in [7, 11) is 0. The average Bonchev–Trinajstić information content (AvgIpc) is 3.13. The summed E-state index contributed by atoms with van der Waals surface area (Å²) in [6, 6.07) is 9.06. The average molecular weight is 583 g/mol. The van der Waals surface area contributed by atoms with E-state index in [2.05, 4.69) is 52.9 Å². The monoisotopic (exact) mass is 581 g/mol. The molecule has 13 heteroatoms. The van der Waals surface area contributed by atoms with E-state index in [1.165, 1.54) is 5.52 Å². The molecule has 3 aromatic rings. The highest BCUT2D eigenvalue weighted by atomic mass is 35.5. The zero-order chi connectivity index (χ0) is 21.4. The van der Waals surface area contributed by atoms with Gasteiger partial charge in [-0.25, -0.2) is 4.98 Å². The molecule has 9 N–H and O–H groups in total. The van der Waals surface area contributed by atoms with Gasteiger partial charge in [-0.2, -0.15) is 0 Å². The van der Waals surface area contributed by atoms with Crippen LogP contribution in [-0.2, 0) is 6.42 Å². The molecule has 5 rings (SSSR count). The molecule has 2 aliphatic rings. The molecule has 10 nitrogen and oxygen atoms in total. The minimum absolute atomic E-state index is 0. The van der Waals surface area contributed by atoms with Gasteiger partial charge in [0.1, 0.15) is 0 Å². The first-order valence-corrected chi connectivity index (χ1v) is 11.6. The summed E-state index contributed by atoms with van der Waals surface area (Å²) in [6.45, 7) is 8.02. The van der Waals surface area contributed by atoms with Crippen molar-refractivity contribution < 1.29 is 16.4 Å². The first-order valence-electron chi connectivity index (χ1n) is 11.6. The molecular formula is C24H42Cl3N7O3. The number of nitrogens with two attached hydrogens (primary N) is 1. The Morgan fingerprint density at radius 2 is 1.57 bits per heavy atom. The van der Waals surface area contributed by atoms with Crippen molar-refractivity contribution in [3.8, 4) is 0 Å². The molecule has 1 aliphatic heterocycles. The lowest BCUT2D eigenvalue weighted by Crippen LogP contribution is -2.41. The molecule has 1 unspecified atom stereocenters. The van der Waals surface area contributed by atoms with Gasteiger partial charge in [-0.3, -0.25) is 9.97 Å². The Kier molecular flexibility index (Phi) is 16.4. The fraction of sp³-hybridized carbons (Fsp3) is 0.542. The maximum Gasteiger partial charge on any atom is 0.204 e. The number of anilines is 1. The molecule has 0 amide bonds. The normalized spacial score (nSPS) is 16.9. The SMILES string of the molecule is Cc1nc2c(nc1C)C(n1c(NC3CCN(CCN)CC3)nc3ccccc31)CCC2.Cl.Cl.Cl.O.O.O. The molecule has 1 fully saturated rings. The number of fused-ring (bicyclic) bond motifs is 2. The maximum absolute atomic E-state index is 5.74. The van der Waals surface area contributed by atoms with E-state index < -0.39 is 0 Å². The molecule has 2 aromatic heterocycles. The number of hydrogen-bond donors (Lipinski definition) is 2. The highest BCUT2D eigenvalue weighted by Crippen LogP contribution is 2.36. The molecular weight excluding hydrogens is 541 g/mol. The Hall–Kier alpha value is -1.76. The molecule has 0 spiro atoms. The number of piperidine rings is 1. The van der Waals surface area contributed by atoms with Crippen LogP contribution >= 0.6 is 37.2 Å². The number of aryl methyl sites for hydroxylation is 3. The number of benzene rings is 1. The first kappa shape index (κ1) is 37.4. The lowest BCUT2D eigenvalue weighted by molar-refractivity contribution is 0.224. The van der Waals surface area contributed by atoms with E-state index >= 15 is 0 Å². The third kappa shape index (κ3) is 7.64. The number of nitrogens with one attached hydrogen (secondary N) is 1. The number of hydrogen-bond acceptors (Lipinski definition) is 6. The lowest BCUT2D eigenvalue weighted by atomic mass is 9.94. The summed E-state index contributed by atoms with van der Waals surface area (Å²) in [4.78, 5) is 17.4. The molecule has 1 aromatic carbocycles. The van der Waals surface area contributed by atoms with Gasteiger partial charge >= 0.3 is 0 Å². The standard InChI is InChI=1S/C24H33N7.3ClH.3H2O/c1-16-17(2)27-23-20(26-16)7-5-9-22(23)31-21-8-4-3-6-19(21)29-24(31)28-18-10-13-30(14-11-18)15-12-25;;;;;;/h3-4,6,8,18,22H,5,7,9-15,25H2,1-2H3,(H,28,29);3*1H;3*1H2. The summed E-state index contributed by atoms with van der Waals surface area (Å²) in [5.74, 6) is 0.969. The maximum atomic E-state index is 5.74. The topological polar surface area (TPSA) is 179 Å². The molecule has 0 bridgehead atoms. The van der Waals surface area contributed by atoms with Crippen LogP contribution in [0, 0.1) is 13.8 Å². The highest BCUT2D eigenvalue weighted by molar-refractivity contribution is 5.86. The van der Waals surface area contributed by atoms with Gasteiger partial charge < -0.3 is 36.9 Å². The van der Waals surface area contributed by atoms with Gasteiger partial charge in [-0.15, -0.1) is 37.2 Å². The molecule has 37 heavy (non-hydrogen) atoms. The molecule has 1 aliphatic carbocycles. The van der Waals surface area contributed by atoms with Crippen molar-refractivity contribution in [2.45, 2.75) is 58.0 Å². The van der Waals surface area contributed by atoms with Crippen molar-refractivity contribution in [2.24, 2.45) is 5.73 Å². The predicted octanol–water partition coefficient (Wildman–Crippen LogP) is 2.00. The number of imidazole rings is 1. The summed E-state index contributed by atoms with van der Waals surface area (Å²) in [5, 5.41) is 3.80. The molecule has 1 saturated heterocycles. The van der Waals surface area contributed by atoms with Gasteiger partial charge in [0.25, 0.3) is 0 Å². The summed E-state index contributed by atoms with van der Waals surface area (Å²) < 4.78 is 2.39. The Balaban J connectivity index is 0. The van der Waals surface area contributed by atoms with Crippen LogP contribution in [0.5, 0.6) is 0 Å². The van der Waals surface area contributed by atoms with E-state index in [0.29, 0.717) is 6.04 Å². The van der Waals surface area contributed by atoms with E-state index in [4.69, 9.17) is 20.7 Å². The molecule has 212 valence electrons. The number of para-hydroxylation sites is 2. The Morgan fingerprint density at radius 1 is 0.919 bits per heavy atom. The Bertz CT molecular complexity index is 1090. The largest absolute Gasteiger partial charge is 0.412 e. The van der Waals surface area contributed by atoms with Crippen molar-refractivity contribution in [1.29, 1.82) is 0 Å². The highest BCUT2D eigenvalue weighted by Gasteiger charge is 2.30. The van der Waals surface area contributed by atoms with Crippen LogP contribution in [0.2, 0.25) is 0 Å². The van der Waals surface area contributed by atoms with Crippen molar-refractivity contribution in [1.82, 2.24) is 24.4 Å². The zero-order valence-electron chi connectivity index (χ0n) is 21.4. The van der Waals surface area contributed by atoms with E-state index in [-0.39, 0.29) is 59.7 Å². The van der Waals surface area contributed by atoms with E-state index in [1.807, 2.05) is 0 Å². The molecule has 1 atom stereocenters. The van der Waals surface area contributed by atoms with Crippen molar-refractivity contribution in [2.75, 3.05) is 31.5 Å². The van der Waals surface area contributed by atoms with Crippen LogP contribution in [0.15, 0.2) is 24.3 Å². The van der Waals surface area contributed by atoms with Crippen molar-refractivity contribution in [3.05, 3.63) is 47.0 Å². The molecule has 0 radical (unpaired) electrons. The summed E-state index contributed by atoms with van der Waals surface area (Å²) in [6.07, 6.45) is 5.42. The fourth-order valence-corrected chi connectivity index (χ4v) is 5.10. The minimum Gasteiger partial charge on any atom is -0.412 e. The quantitative estimate of drug-likeness (QED) is 0.464. The Morgan fingerprint density at radius 3 is 2.24 bits per heavy atom. The van der Waals surface area contributed by atoms with Crippen LogP contribution in [-0.4, -0.2) is 73.1 Å². The molecule has 0 saturated carbocycles. The number of likely N-dealkylation sites (tertiary alicyclic amines) is 1. The fourth-order valence-electron chi connectivity index (χ4n) is 5.10. The smallest absolute Gasteiger partial charge is 0.204 e. The Labute approximate surface area is 237 Å². The van der Waals surface area contributed by atoms with E-state index in [0.717, 1.165) is 92.5 Å². The number of nitrogens with zero attached hydrogens (tertiary/aromatic N) is 5. The third-order valence-corrected chi connectivity index (χ3v) is 6.89. The van der Waals surface area contributed by atoms with Gasteiger partial charge in [-0.1, -0.05) is 12.1 Å². The van der Waals surface area contributed by atoms with Crippen LogP contribution in [0.3, 0.4) is 0 Å². The van der Waals surface area contributed by atoms with Gasteiger partial charge in [0.2, 0.25) is 5.95 Å². The minimum atomic E-state index is 0. The summed E-state index contributed by atoms with van der Waals surface area (Å²) in [5.41, 5.74) is 12.3. The lowest BCUT2D eigenvalue weighted by Gasteiger charge is -2.33. The molecule has 3 heterocycles. The number of aromatic nitrogens is 4. The number of rotatable bonds is 5. The van der Waals surface area contributed by atoms with Gasteiger partial charge in [0.05, 0.1) is 39.9 Å². The van der Waals surface area contributed by atoms with Crippen molar-refractivity contribution >= 4 is 54.2 Å². The van der Waals surface area contributed by atoms with E-state index in [1.54, 1.807) is 0 Å². The van der Waals surface area contributed by atoms with E-state index in [9.17, 15) is 0 Å². The van der Waals surface area contributed by atoms with Crippen LogP contribution in [0.25, 0.3) is 11.0 Å². The van der Waals surface area contributed by atoms with Crippen molar-refractivity contribution in [3.63, 3.8) is 0 Å². The van der Waals surface area contributed by atoms with Crippen LogP contribution < -0.4 is 11.1 Å². The van der Waals surface area contributed by atoms with Gasteiger partial charge in [0.15, 0.2) is 0 Å². The van der Waals surface area contributed by atoms with Crippen LogP contribution in [0.4, 0.5) is 5.95 Å². The van der Waals surface area contributed by atoms with Crippen LogP contribution in [0.1, 0.15) is 54.5 Å².